The third kappa shape index (κ3) is 5.11. The highest BCUT2D eigenvalue weighted by atomic mass is 16.6. The monoisotopic (exact) mass is 427 g/mol. The zero-order valence-corrected chi connectivity index (χ0v) is 17.3. The molecule has 1 aliphatic rings. The largest absolute Gasteiger partial charge is 0.478 e. The maximum Gasteiger partial charge on any atom is 0.369 e. The predicted octanol–water partition coefficient (Wildman–Crippen LogP) is 2.26. The summed E-state index contributed by atoms with van der Waals surface area (Å²) in [6, 6.07) is 15.5. The van der Waals surface area contributed by atoms with Gasteiger partial charge in [-0.05, 0) is 29.2 Å². The van der Waals surface area contributed by atoms with Crippen LogP contribution in [0.25, 0.3) is 11.1 Å². The van der Waals surface area contributed by atoms with E-state index in [-0.39, 0.29) is 32.3 Å². The Bertz CT molecular complexity index is 871. The number of benzene rings is 2. The Balaban J connectivity index is 1.61. The minimum absolute atomic E-state index is 0.0146. The van der Waals surface area contributed by atoms with Crippen LogP contribution in [0, 0.1) is 0 Å². The van der Waals surface area contributed by atoms with E-state index < -0.39 is 17.7 Å². The molecule has 0 saturated heterocycles. The maximum absolute atomic E-state index is 12.5. The summed E-state index contributed by atoms with van der Waals surface area (Å²) in [5, 5.41) is 9.35. The van der Waals surface area contributed by atoms with E-state index in [2.05, 4.69) is 0 Å². The molecule has 1 atom stereocenters. The predicted molar refractivity (Wildman–Crippen MR) is 110 cm³/mol. The smallest absolute Gasteiger partial charge is 0.369 e. The molecule has 0 bridgehead atoms. The zero-order valence-electron chi connectivity index (χ0n) is 17.3. The molecule has 2 aromatic carbocycles. The molecular formula is C23H25NO7. The van der Waals surface area contributed by atoms with Crippen LogP contribution in [0.2, 0.25) is 0 Å². The van der Waals surface area contributed by atoms with Gasteiger partial charge in [-0.2, -0.15) is 0 Å². The highest BCUT2D eigenvalue weighted by Crippen LogP contribution is 2.44. The Hall–Kier alpha value is -2.78. The summed E-state index contributed by atoms with van der Waals surface area (Å²) in [4.78, 5) is 24.0. The van der Waals surface area contributed by atoms with Gasteiger partial charge in [0.15, 0.2) is 0 Å². The highest BCUT2D eigenvalue weighted by molar-refractivity contribution is 6.01. The molecule has 8 heteroatoms. The Labute approximate surface area is 180 Å². The summed E-state index contributed by atoms with van der Waals surface area (Å²) < 4.78 is 20.5. The lowest BCUT2D eigenvalue weighted by atomic mass is 9.98. The average molecular weight is 427 g/mol. The van der Waals surface area contributed by atoms with Crippen LogP contribution in [-0.4, -0.2) is 62.4 Å². The van der Waals surface area contributed by atoms with E-state index in [4.69, 9.17) is 18.9 Å². The molecule has 2 radical (unpaired) electrons. The van der Waals surface area contributed by atoms with Crippen molar-refractivity contribution in [2.75, 3.05) is 39.6 Å². The minimum Gasteiger partial charge on any atom is -0.478 e. The summed E-state index contributed by atoms with van der Waals surface area (Å²) in [6.45, 7) is 2.62. The van der Waals surface area contributed by atoms with Crippen molar-refractivity contribution in [3.63, 3.8) is 0 Å². The standard InChI is InChI=1S/C23H25NO7/c1-2-28-11-12-29-13-14-31-23(24,21(25)26)22(27)30-15-20-18-9-5-3-7-16(18)17-8-4-6-10-19(17)20/h3-10,20H,2,11-15H2,1H3,(H,25,26). The number of nitrogens with zero attached hydrogens (tertiary/aromatic N) is 1. The van der Waals surface area contributed by atoms with Gasteiger partial charge in [0.1, 0.15) is 6.61 Å². The van der Waals surface area contributed by atoms with Crippen LogP contribution in [-0.2, 0) is 28.5 Å². The van der Waals surface area contributed by atoms with Gasteiger partial charge in [-0.15, -0.1) is 0 Å². The lowest BCUT2D eigenvalue weighted by molar-refractivity contribution is -0.190. The molecule has 8 nitrogen and oxygen atoms in total. The van der Waals surface area contributed by atoms with E-state index in [1.807, 2.05) is 55.5 Å². The summed E-state index contributed by atoms with van der Waals surface area (Å²) in [6.07, 6.45) is 0. The fraction of sp³-hybridized carbons (Fsp3) is 0.391. The average Bonchev–Trinajstić information content (AvgIpc) is 3.10. The number of rotatable bonds is 12. The van der Waals surface area contributed by atoms with Crippen molar-refractivity contribution >= 4 is 11.9 Å². The number of fused-ring (bicyclic) bond motifs is 3. The molecule has 0 amide bonds. The van der Waals surface area contributed by atoms with E-state index in [1.165, 1.54) is 0 Å². The topological polar surface area (TPSA) is 114 Å². The number of carboxylic acids is 1. The first-order chi connectivity index (χ1) is 15.0. The van der Waals surface area contributed by atoms with Gasteiger partial charge in [-0.3, -0.25) is 0 Å². The van der Waals surface area contributed by atoms with Crippen LogP contribution < -0.4 is 5.73 Å². The number of aliphatic carboxylic acids is 1. The number of esters is 1. The fourth-order valence-electron chi connectivity index (χ4n) is 3.52. The van der Waals surface area contributed by atoms with Crippen molar-refractivity contribution in [3.05, 3.63) is 59.7 Å². The number of carbonyl (C=O) groups is 2. The van der Waals surface area contributed by atoms with Crippen molar-refractivity contribution in [1.29, 1.82) is 0 Å². The van der Waals surface area contributed by atoms with Crippen LogP contribution >= 0.6 is 0 Å². The van der Waals surface area contributed by atoms with Gasteiger partial charge in [-0.25, -0.2) is 9.59 Å². The Morgan fingerprint density at radius 2 is 1.48 bits per heavy atom. The molecule has 1 N–H and O–H groups in total. The number of hydrogen-bond donors (Lipinski definition) is 1. The summed E-state index contributed by atoms with van der Waals surface area (Å²) in [5.41, 5.74) is 11.2. The van der Waals surface area contributed by atoms with E-state index in [9.17, 15) is 20.4 Å². The summed E-state index contributed by atoms with van der Waals surface area (Å²) >= 11 is 0. The van der Waals surface area contributed by atoms with E-state index in [0.717, 1.165) is 22.3 Å². The fourth-order valence-corrected chi connectivity index (χ4v) is 3.52. The molecule has 0 saturated carbocycles. The van der Waals surface area contributed by atoms with Crippen molar-refractivity contribution in [2.45, 2.75) is 18.6 Å². The quantitative estimate of drug-likeness (QED) is 0.314. The highest BCUT2D eigenvalue weighted by Gasteiger charge is 2.49. The molecule has 0 aliphatic heterocycles. The van der Waals surface area contributed by atoms with Gasteiger partial charge in [-0.1, -0.05) is 54.3 Å². The van der Waals surface area contributed by atoms with Gasteiger partial charge >= 0.3 is 17.7 Å². The first kappa shape index (κ1) is 22.9. The van der Waals surface area contributed by atoms with Crippen molar-refractivity contribution in [1.82, 2.24) is 5.73 Å². The minimum atomic E-state index is -3.11. The van der Waals surface area contributed by atoms with Crippen molar-refractivity contribution < 1.29 is 33.6 Å². The van der Waals surface area contributed by atoms with Gasteiger partial charge in [0.25, 0.3) is 0 Å². The van der Waals surface area contributed by atoms with Crippen LogP contribution in [0.4, 0.5) is 0 Å². The van der Waals surface area contributed by atoms with Crippen LogP contribution in [0.1, 0.15) is 24.0 Å². The third-order valence-electron chi connectivity index (χ3n) is 5.02. The Morgan fingerprint density at radius 1 is 0.935 bits per heavy atom. The maximum atomic E-state index is 12.5. The molecular weight excluding hydrogens is 402 g/mol. The summed E-state index contributed by atoms with van der Waals surface area (Å²) in [7, 11) is 0. The van der Waals surface area contributed by atoms with Gasteiger partial charge < -0.3 is 24.1 Å². The first-order valence-corrected chi connectivity index (χ1v) is 10.1. The van der Waals surface area contributed by atoms with E-state index in [1.54, 1.807) is 0 Å². The zero-order chi connectivity index (χ0) is 22.3. The number of hydrogen-bond acceptors (Lipinski definition) is 6. The van der Waals surface area contributed by atoms with Crippen molar-refractivity contribution in [3.8, 4) is 11.1 Å². The molecule has 164 valence electrons. The van der Waals surface area contributed by atoms with Crippen LogP contribution in [0.15, 0.2) is 48.5 Å². The molecule has 0 spiro atoms. The second-order valence-electron chi connectivity index (χ2n) is 6.93. The SMILES string of the molecule is CCOCCOCCOC([N])(C(=O)O)C(=O)OCC1c2ccccc2-c2ccccc21. The molecule has 1 unspecified atom stereocenters. The third-order valence-corrected chi connectivity index (χ3v) is 5.02. The van der Waals surface area contributed by atoms with Gasteiger partial charge in [0.05, 0.1) is 26.4 Å². The summed E-state index contributed by atoms with van der Waals surface area (Å²) in [5.74, 6) is -3.49. The van der Waals surface area contributed by atoms with Crippen LogP contribution in [0.5, 0.6) is 0 Å². The second-order valence-corrected chi connectivity index (χ2v) is 6.93. The molecule has 0 aromatic heterocycles. The molecule has 0 heterocycles. The molecule has 3 rings (SSSR count). The molecule has 31 heavy (non-hydrogen) atoms. The number of ether oxygens (including phenoxy) is 4. The Morgan fingerprint density at radius 3 is 2.06 bits per heavy atom. The molecule has 0 fully saturated rings. The molecule has 2 aromatic rings. The number of carbonyl (C=O) groups excluding carboxylic acids is 1. The van der Waals surface area contributed by atoms with E-state index >= 15 is 0 Å². The normalized spacial score (nSPS) is 14.5. The van der Waals surface area contributed by atoms with Gasteiger partial charge in [0.2, 0.25) is 0 Å². The van der Waals surface area contributed by atoms with E-state index in [0.29, 0.717) is 13.2 Å². The Kier molecular flexibility index (Phi) is 7.75. The molecule has 1 aliphatic carbocycles. The second kappa shape index (κ2) is 10.5. The van der Waals surface area contributed by atoms with Crippen molar-refractivity contribution in [2.24, 2.45) is 0 Å². The lowest BCUT2D eigenvalue weighted by Gasteiger charge is -2.22. The number of carboxylic acid groups (broad SMARTS) is 1. The van der Waals surface area contributed by atoms with Crippen LogP contribution in [0.3, 0.4) is 0 Å². The lowest BCUT2D eigenvalue weighted by Crippen LogP contribution is -2.52. The first-order valence-electron chi connectivity index (χ1n) is 10.1. The van der Waals surface area contributed by atoms with Gasteiger partial charge in [0, 0.05) is 12.5 Å².